The maximum absolute atomic E-state index is 14.8. The Morgan fingerprint density at radius 2 is 1.64 bits per heavy atom. The lowest BCUT2D eigenvalue weighted by molar-refractivity contribution is -0.244. The average molecular weight is 828 g/mol. The fraction of sp³-hybridized carbons (Fsp3) is 0.537. The summed E-state index contributed by atoms with van der Waals surface area (Å²) in [7, 11) is -3.98. The van der Waals surface area contributed by atoms with Crippen LogP contribution < -0.4 is 20.1 Å². The molecule has 17 heteroatoms. The third-order valence-electron chi connectivity index (χ3n) is 11.8. The Kier molecular flexibility index (Phi) is 10.9. The number of nitrogens with zero attached hydrogens (tertiary/aromatic N) is 2. The van der Waals surface area contributed by atoms with Crippen molar-refractivity contribution in [1.82, 2.24) is 25.2 Å². The number of para-hydroxylation sites is 1. The maximum Gasteiger partial charge on any atom is 0.427 e. The van der Waals surface area contributed by atoms with Crippen molar-refractivity contribution in [3.63, 3.8) is 0 Å². The van der Waals surface area contributed by atoms with Crippen molar-refractivity contribution in [3.8, 4) is 5.88 Å². The number of carbonyl (C=O) groups is 4. The number of hydrogen-bond acceptors (Lipinski definition) is 9. The molecule has 1 aromatic heterocycles. The van der Waals surface area contributed by atoms with Gasteiger partial charge in [-0.2, -0.15) is 13.2 Å². The highest BCUT2D eigenvalue weighted by Crippen LogP contribution is 2.46. The summed E-state index contributed by atoms with van der Waals surface area (Å²) in [6.07, 6.45) is -1.16. The lowest BCUT2D eigenvalue weighted by Crippen LogP contribution is -2.59. The van der Waals surface area contributed by atoms with E-state index in [4.69, 9.17) is 14.5 Å². The molecule has 0 bridgehead atoms. The molecule has 58 heavy (non-hydrogen) atoms. The molecule has 0 radical (unpaired) electrons. The van der Waals surface area contributed by atoms with Crippen molar-refractivity contribution < 1.29 is 50.2 Å². The SMILES string of the molecule is C[C@H]1CC/C=C\[C@@H]2C[C@@]2(C(=O)NS(=O)(=O)C2CC2)NC(=O)[C@@H]2C[C@@H](Oc3nc4ccccc4c4ccccc34)CN2C(=O)C(NC(=O)OC(C)(C)C(F)(F)F)[C@H](C)C1. The average Bonchev–Trinajstić information content (AvgIpc) is 4.08. The van der Waals surface area contributed by atoms with Gasteiger partial charge in [-0.3, -0.25) is 19.1 Å². The van der Waals surface area contributed by atoms with Crippen LogP contribution in [0.25, 0.3) is 21.7 Å². The lowest BCUT2D eigenvalue weighted by Gasteiger charge is -2.34. The van der Waals surface area contributed by atoms with Gasteiger partial charge in [0.2, 0.25) is 33.3 Å². The van der Waals surface area contributed by atoms with Gasteiger partial charge >= 0.3 is 12.3 Å². The number of pyridine rings is 1. The molecular formula is C41H48F3N5O8S. The van der Waals surface area contributed by atoms with Gasteiger partial charge in [0.15, 0.2) is 0 Å². The van der Waals surface area contributed by atoms with Gasteiger partial charge in [-0.15, -0.1) is 0 Å². The van der Waals surface area contributed by atoms with Crippen molar-refractivity contribution in [3.05, 3.63) is 60.7 Å². The van der Waals surface area contributed by atoms with Crippen LogP contribution in [-0.4, -0.2) is 89.4 Å². The number of benzene rings is 2. The number of allylic oxidation sites excluding steroid dienone is 1. The molecule has 3 aromatic rings. The highest BCUT2D eigenvalue weighted by molar-refractivity contribution is 7.91. The fourth-order valence-electron chi connectivity index (χ4n) is 8.06. The van der Waals surface area contributed by atoms with E-state index in [0.29, 0.717) is 56.9 Å². The first-order chi connectivity index (χ1) is 27.3. The molecule has 13 nitrogen and oxygen atoms in total. The molecule has 7 atom stereocenters. The standard InChI is InChI=1S/C41H48F3N5O8S/c1-23-11-5-6-12-25-21-40(25,37(52)48-58(54,55)27-17-18-27)47-34(50)32-20-26(56-35-30-15-8-7-13-28(30)29-14-9-10-16-31(29)45-35)22-49(32)36(51)33(24(2)19-23)46-38(53)57-39(3,4)41(42,43)44/h6-10,12-16,23-27,32-33H,5,11,17-22H2,1-4H3,(H,46,53)(H,47,50)(H,48,52)/b12-6-/t23-,24+,25+,26+,32-,33?,40+/m0/s1. The zero-order valence-electron chi connectivity index (χ0n) is 32.7. The fourth-order valence-corrected chi connectivity index (χ4v) is 9.43. The van der Waals surface area contributed by atoms with Crippen LogP contribution in [0.15, 0.2) is 60.7 Å². The van der Waals surface area contributed by atoms with Gasteiger partial charge in [0.05, 0.1) is 17.3 Å². The third-order valence-corrected chi connectivity index (χ3v) is 13.6. The number of halogens is 3. The van der Waals surface area contributed by atoms with Gasteiger partial charge in [-0.05, 0) is 81.7 Å². The number of alkyl halides is 3. The second-order valence-corrected chi connectivity index (χ2v) is 18.7. The van der Waals surface area contributed by atoms with E-state index in [-0.39, 0.29) is 31.2 Å². The highest BCUT2D eigenvalue weighted by Gasteiger charge is 2.62. The Morgan fingerprint density at radius 1 is 0.966 bits per heavy atom. The zero-order chi connectivity index (χ0) is 41.8. The number of rotatable bonds is 7. The molecule has 3 fully saturated rings. The summed E-state index contributed by atoms with van der Waals surface area (Å²) >= 11 is 0. The van der Waals surface area contributed by atoms with Crippen LogP contribution in [0, 0.1) is 17.8 Å². The summed E-state index contributed by atoms with van der Waals surface area (Å²) in [5.41, 5.74) is -3.86. The lowest BCUT2D eigenvalue weighted by atomic mass is 9.88. The minimum Gasteiger partial charge on any atom is -0.472 e. The molecule has 3 N–H and O–H groups in total. The Balaban J connectivity index is 1.24. The summed E-state index contributed by atoms with van der Waals surface area (Å²) in [4.78, 5) is 62.3. The first-order valence-electron chi connectivity index (χ1n) is 19.7. The van der Waals surface area contributed by atoms with Crippen molar-refractivity contribution in [1.29, 1.82) is 0 Å². The monoisotopic (exact) mass is 827 g/mol. The van der Waals surface area contributed by atoms with Crippen molar-refractivity contribution >= 4 is 55.5 Å². The van der Waals surface area contributed by atoms with Crippen molar-refractivity contribution in [2.45, 2.75) is 113 Å². The van der Waals surface area contributed by atoms with Gasteiger partial charge in [-0.1, -0.05) is 62.4 Å². The summed E-state index contributed by atoms with van der Waals surface area (Å²) in [6, 6.07) is 12.2. The van der Waals surface area contributed by atoms with E-state index in [2.05, 4.69) is 15.4 Å². The number of fused-ring (bicyclic) bond motifs is 5. The molecule has 2 saturated carbocycles. The summed E-state index contributed by atoms with van der Waals surface area (Å²) in [5.74, 6) is -3.35. The van der Waals surface area contributed by atoms with Crippen LogP contribution in [0.5, 0.6) is 5.88 Å². The van der Waals surface area contributed by atoms with E-state index < -0.39 is 86.4 Å². The van der Waals surface area contributed by atoms with Gasteiger partial charge in [0.25, 0.3) is 5.91 Å². The number of aromatic nitrogens is 1. The second-order valence-electron chi connectivity index (χ2n) is 16.8. The number of alkyl carbamates (subject to hydrolysis) is 1. The molecule has 0 spiro atoms. The van der Waals surface area contributed by atoms with Crippen molar-refractivity contribution in [2.24, 2.45) is 17.8 Å². The first kappa shape index (κ1) is 41.2. The van der Waals surface area contributed by atoms with Gasteiger partial charge in [-0.25, -0.2) is 18.2 Å². The summed E-state index contributed by atoms with van der Waals surface area (Å²) < 4.78 is 80.6. The number of nitrogens with one attached hydrogen (secondary N) is 3. The molecule has 4 aliphatic rings. The van der Waals surface area contributed by atoms with Gasteiger partial charge in [0.1, 0.15) is 23.7 Å². The number of hydrogen-bond donors (Lipinski definition) is 3. The largest absolute Gasteiger partial charge is 0.472 e. The van der Waals surface area contributed by atoms with E-state index in [1.54, 1.807) is 13.0 Å². The molecule has 1 unspecified atom stereocenters. The highest BCUT2D eigenvalue weighted by atomic mass is 32.2. The van der Waals surface area contributed by atoms with Crippen LogP contribution in [0.1, 0.15) is 72.6 Å². The molecule has 7 rings (SSSR count). The summed E-state index contributed by atoms with van der Waals surface area (Å²) in [6.45, 7) is 4.85. The Morgan fingerprint density at radius 3 is 2.33 bits per heavy atom. The molecule has 2 aliphatic carbocycles. The van der Waals surface area contributed by atoms with E-state index in [1.807, 2.05) is 61.5 Å². The van der Waals surface area contributed by atoms with E-state index in [1.165, 1.54) is 4.90 Å². The number of sulfonamides is 1. The van der Waals surface area contributed by atoms with Crippen molar-refractivity contribution in [2.75, 3.05) is 6.54 Å². The predicted octanol–water partition coefficient (Wildman–Crippen LogP) is 5.67. The second kappa shape index (κ2) is 15.3. The van der Waals surface area contributed by atoms with E-state index in [0.717, 1.165) is 10.8 Å². The third kappa shape index (κ3) is 8.32. The number of carbonyl (C=O) groups excluding carboxylic acids is 4. The molecule has 4 amide bonds. The number of amides is 4. The topological polar surface area (TPSA) is 173 Å². The van der Waals surface area contributed by atoms with Gasteiger partial charge < -0.3 is 25.0 Å². The predicted molar refractivity (Wildman–Crippen MR) is 208 cm³/mol. The van der Waals surface area contributed by atoms with Crippen LogP contribution in [0.4, 0.5) is 18.0 Å². The Labute approximate surface area is 334 Å². The molecular weight excluding hydrogens is 780 g/mol. The molecule has 2 aliphatic heterocycles. The zero-order valence-corrected chi connectivity index (χ0v) is 33.5. The summed E-state index contributed by atoms with van der Waals surface area (Å²) in [5, 5.41) is 6.93. The smallest absolute Gasteiger partial charge is 0.427 e. The van der Waals surface area contributed by atoms with Crippen LogP contribution >= 0.6 is 0 Å². The quantitative estimate of drug-likeness (QED) is 0.201. The Hall–Kier alpha value is -4.93. The van der Waals surface area contributed by atoms with Crippen LogP contribution in [0.3, 0.4) is 0 Å². The molecule has 1 saturated heterocycles. The van der Waals surface area contributed by atoms with E-state index >= 15 is 0 Å². The Bertz CT molecular complexity index is 2260. The normalized spacial score (nSPS) is 29.0. The molecule has 312 valence electrons. The molecule has 3 heterocycles. The van der Waals surface area contributed by atoms with E-state index in [9.17, 15) is 40.8 Å². The first-order valence-corrected chi connectivity index (χ1v) is 21.2. The molecule has 2 aromatic carbocycles. The van der Waals surface area contributed by atoms with Gasteiger partial charge in [0, 0.05) is 23.1 Å². The van der Waals surface area contributed by atoms with Crippen LogP contribution in [0.2, 0.25) is 0 Å². The van der Waals surface area contributed by atoms with Crippen LogP contribution in [-0.2, 0) is 29.1 Å². The minimum absolute atomic E-state index is 0.0297. The minimum atomic E-state index is -4.91. The number of ether oxygens (including phenoxy) is 2. The maximum atomic E-state index is 14.8.